The number of fused-ring (bicyclic) bond motifs is 1. The number of hydrogen-bond donors (Lipinski definition) is 1. The molecule has 1 amide bonds. The summed E-state index contributed by atoms with van der Waals surface area (Å²) < 4.78 is 25.0. The Labute approximate surface area is 172 Å². The monoisotopic (exact) mass is 408 g/mol. The second-order valence-corrected chi connectivity index (χ2v) is 5.69. The standard InChI is InChI=1S/C17H21FN4O3.2C2H6/c1-3-22(16(23)10-24-2)13-6-14(18)17-15(7-13)21(4-5-25-17)9-12-8-19-11-20-12;2*1-2/h6-8,11H,3-5,9-10H2,1-2H3,(H,19,20);2*1-2H3. The number of halogens is 1. The van der Waals surface area contributed by atoms with Crippen LogP contribution in [0.4, 0.5) is 15.8 Å². The van der Waals surface area contributed by atoms with Crippen LogP contribution in [0.1, 0.15) is 40.3 Å². The van der Waals surface area contributed by atoms with Crippen molar-refractivity contribution in [1.29, 1.82) is 0 Å². The number of amides is 1. The molecular weight excluding hydrogens is 375 g/mol. The van der Waals surface area contributed by atoms with E-state index in [1.165, 1.54) is 18.1 Å². The van der Waals surface area contributed by atoms with Gasteiger partial charge in [-0.1, -0.05) is 27.7 Å². The van der Waals surface area contributed by atoms with E-state index in [0.717, 1.165) is 5.69 Å². The van der Waals surface area contributed by atoms with Crippen LogP contribution in [0.5, 0.6) is 5.75 Å². The Morgan fingerprint density at radius 1 is 1.34 bits per heavy atom. The molecule has 0 saturated heterocycles. The van der Waals surface area contributed by atoms with E-state index in [4.69, 9.17) is 9.47 Å². The molecule has 1 aromatic heterocycles. The summed E-state index contributed by atoms with van der Waals surface area (Å²) in [5, 5.41) is 0. The number of carbonyl (C=O) groups is 1. The Hall–Kier alpha value is -2.61. The number of methoxy groups -OCH3 is 1. The summed E-state index contributed by atoms with van der Waals surface area (Å²) in [5.74, 6) is -0.489. The lowest BCUT2D eigenvalue weighted by atomic mass is 10.1. The van der Waals surface area contributed by atoms with Gasteiger partial charge in [-0.25, -0.2) is 9.37 Å². The summed E-state index contributed by atoms with van der Waals surface area (Å²) in [6, 6.07) is 3.11. The topological polar surface area (TPSA) is 70.7 Å². The quantitative estimate of drug-likeness (QED) is 0.782. The van der Waals surface area contributed by atoms with Crippen LogP contribution in [0.25, 0.3) is 0 Å². The van der Waals surface area contributed by atoms with Gasteiger partial charge in [0.15, 0.2) is 11.6 Å². The summed E-state index contributed by atoms with van der Waals surface area (Å²) in [4.78, 5) is 22.8. The van der Waals surface area contributed by atoms with Crippen molar-refractivity contribution >= 4 is 17.3 Å². The number of aromatic amines is 1. The predicted molar refractivity (Wildman–Crippen MR) is 114 cm³/mol. The second-order valence-electron chi connectivity index (χ2n) is 5.69. The number of nitrogens with one attached hydrogen (secondary N) is 1. The molecule has 1 aromatic carbocycles. The number of anilines is 2. The highest BCUT2D eigenvalue weighted by Gasteiger charge is 2.25. The molecule has 7 nitrogen and oxygen atoms in total. The van der Waals surface area contributed by atoms with Crippen LogP contribution in [-0.2, 0) is 16.1 Å². The Bertz CT molecular complexity index is 738. The van der Waals surface area contributed by atoms with Gasteiger partial charge in [0.05, 0.1) is 30.8 Å². The maximum absolute atomic E-state index is 14.6. The summed E-state index contributed by atoms with van der Waals surface area (Å²) >= 11 is 0. The Kier molecular flexibility index (Phi) is 10.8. The second kappa shape index (κ2) is 12.8. The number of hydrogen-bond acceptors (Lipinski definition) is 5. The van der Waals surface area contributed by atoms with E-state index in [1.54, 1.807) is 18.6 Å². The highest BCUT2D eigenvalue weighted by molar-refractivity contribution is 5.95. The first-order valence-electron chi connectivity index (χ1n) is 10.1. The molecule has 2 heterocycles. The lowest BCUT2D eigenvalue weighted by molar-refractivity contribution is -0.122. The van der Waals surface area contributed by atoms with E-state index in [9.17, 15) is 9.18 Å². The zero-order valence-corrected chi connectivity index (χ0v) is 18.3. The van der Waals surface area contributed by atoms with Crippen LogP contribution in [0.3, 0.4) is 0 Å². The number of nitrogens with zero attached hydrogens (tertiary/aromatic N) is 3. The van der Waals surface area contributed by atoms with Crippen LogP contribution in [0.15, 0.2) is 24.7 Å². The van der Waals surface area contributed by atoms with Crippen LogP contribution in [-0.4, -0.2) is 49.3 Å². The number of benzene rings is 1. The molecule has 29 heavy (non-hydrogen) atoms. The maximum Gasteiger partial charge on any atom is 0.252 e. The van der Waals surface area contributed by atoms with E-state index in [1.807, 2.05) is 39.5 Å². The molecule has 1 aliphatic heterocycles. The number of H-pyrrole nitrogens is 1. The molecule has 1 N–H and O–H groups in total. The van der Waals surface area contributed by atoms with Gasteiger partial charge in [0.2, 0.25) is 0 Å². The molecule has 162 valence electrons. The third kappa shape index (κ3) is 6.19. The minimum absolute atomic E-state index is 0.0547. The van der Waals surface area contributed by atoms with E-state index in [0.29, 0.717) is 37.6 Å². The summed E-state index contributed by atoms with van der Waals surface area (Å²) in [6.07, 6.45) is 3.34. The van der Waals surface area contributed by atoms with Crippen molar-refractivity contribution < 1.29 is 18.7 Å². The molecule has 0 bridgehead atoms. The molecule has 0 unspecified atom stereocenters. The number of imidazole rings is 1. The van der Waals surface area contributed by atoms with Crippen molar-refractivity contribution in [3.63, 3.8) is 0 Å². The maximum atomic E-state index is 14.6. The number of carbonyl (C=O) groups excluding carboxylic acids is 1. The highest BCUT2D eigenvalue weighted by Crippen LogP contribution is 2.38. The third-order valence-electron chi connectivity index (χ3n) is 4.07. The smallest absolute Gasteiger partial charge is 0.252 e. The predicted octanol–water partition coefficient (Wildman–Crippen LogP) is 4.00. The first-order valence-corrected chi connectivity index (χ1v) is 10.1. The van der Waals surface area contributed by atoms with Gasteiger partial charge in [0, 0.05) is 31.6 Å². The molecule has 2 aromatic rings. The van der Waals surface area contributed by atoms with Gasteiger partial charge in [-0.2, -0.15) is 0 Å². The van der Waals surface area contributed by atoms with Crippen molar-refractivity contribution in [3.8, 4) is 5.75 Å². The van der Waals surface area contributed by atoms with Gasteiger partial charge in [-0.15, -0.1) is 0 Å². The molecule has 0 spiro atoms. The van der Waals surface area contributed by atoms with Gasteiger partial charge < -0.3 is 24.3 Å². The van der Waals surface area contributed by atoms with Crippen molar-refractivity contribution in [2.75, 3.05) is 43.2 Å². The average molecular weight is 409 g/mol. The fourth-order valence-corrected chi connectivity index (χ4v) is 2.92. The van der Waals surface area contributed by atoms with Gasteiger partial charge >= 0.3 is 0 Å². The number of ether oxygens (including phenoxy) is 2. The molecule has 0 aliphatic carbocycles. The summed E-state index contributed by atoms with van der Waals surface area (Å²) in [6.45, 7) is 11.8. The van der Waals surface area contributed by atoms with Gasteiger partial charge in [-0.3, -0.25) is 4.79 Å². The van der Waals surface area contributed by atoms with Crippen molar-refractivity contribution in [2.24, 2.45) is 0 Å². The Morgan fingerprint density at radius 2 is 2.07 bits per heavy atom. The van der Waals surface area contributed by atoms with Gasteiger partial charge in [-0.05, 0) is 13.0 Å². The number of rotatable bonds is 6. The van der Waals surface area contributed by atoms with E-state index < -0.39 is 5.82 Å². The zero-order valence-electron chi connectivity index (χ0n) is 18.3. The van der Waals surface area contributed by atoms with Gasteiger partial charge in [0.25, 0.3) is 5.91 Å². The van der Waals surface area contributed by atoms with Crippen LogP contribution >= 0.6 is 0 Å². The van der Waals surface area contributed by atoms with E-state index in [2.05, 4.69) is 9.97 Å². The number of aromatic nitrogens is 2. The van der Waals surface area contributed by atoms with Crippen molar-refractivity contribution in [2.45, 2.75) is 41.2 Å². The molecule has 0 fully saturated rings. The lowest BCUT2D eigenvalue weighted by Crippen LogP contribution is -2.35. The third-order valence-corrected chi connectivity index (χ3v) is 4.07. The summed E-state index contributed by atoms with van der Waals surface area (Å²) in [7, 11) is 1.46. The molecule has 3 rings (SSSR count). The molecule has 1 aliphatic rings. The average Bonchev–Trinajstić information content (AvgIpc) is 3.26. The van der Waals surface area contributed by atoms with E-state index >= 15 is 0 Å². The molecule has 8 heteroatoms. The summed E-state index contributed by atoms with van der Waals surface area (Å²) in [5.41, 5.74) is 2.03. The highest BCUT2D eigenvalue weighted by atomic mass is 19.1. The molecule has 0 atom stereocenters. The van der Waals surface area contributed by atoms with Crippen LogP contribution < -0.4 is 14.5 Å². The van der Waals surface area contributed by atoms with Crippen LogP contribution in [0.2, 0.25) is 0 Å². The molecule has 0 saturated carbocycles. The minimum atomic E-state index is -0.481. The normalized spacial score (nSPS) is 11.9. The lowest BCUT2D eigenvalue weighted by Gasteiger charge is -2.32. The van der Waals surface area contributed by atoms with Crippen molar-refractivity contribution in [1.82, 2.24) is 9.97 Å². The fourth-order valence-electron chi connectivity index (χ4n) is 2.92. The van der Waals surface area contributed by atoms with E-state index in [-0.39, 0.29) is 18.3 Å². The SMILES string of the molecule is CC.CC.CCN(C(=O)COC)c1cc(F)c2c(c1)N(Cc1cnc[nH]1)CCO2. The zero-order chi connectivity index (χ0) is 21.8. The molecular formula is C21H33FN4O3. The van der Waals surface area contributed by atoms with Gasteiger partial charge in [0.1, 0.15) is 13.2 Å². The van der Waals surface area contributed by atoms with Crippen LogP contribution in [0, 0.1) is 5.82 Å². The largest absolute Gasteiger partial charge is 0.486 e. The first-order chi connectivity index (χ1) is 14.1. The fraction of sp³-hybridized carbons (Fsp3) is 0.524. The molecule has 0 radical (unpaired) electrons. The van der Waals surface area contributed by atoms with Crippen molar-refractivity contribution in [3.05, 3.63) is 36.2 Å². The Morgan fingerprint density at radius 3 is 2.66 bits per heavy atom. The first kappa shape index (κ1) is 24.4. The minimum Gasteiger partial charge on any atom is -0.486 e. The Balaban J connectivity index is 0.000000989. The number of likely N-dealkylation sites (N-methyl/N-ethyl adjacent to an activating group) is 1.